The fourth-order valence-corrected chi connectivity index (χ4v) is 3.92. The third-order valence-corrected chi connectivity index (χ3v) is 5.27. The normalized spacial score (nSPS) is 20.4. The number of carbonyl (C=O) groups excluding carboxylic acids is 1. The lowest BCUT2D eigenvalue weighted by Crippen LogP contribution is -2.27. The standard InChI is InChI=1S/C13H17N3O5S/c1-8-12(18)11(10(6-17)4-14-8)5-15-16-13(19)9-2-3-22(20,21)7-9/h4-5,9,17-18H,2-3,6-7H2,1H3,(H,16,19)/b15-5+/t9-/m1/s1. The summed E-state index contributed by atoms with van der Waals surface area (Å²) in [5.74, 6) is -1.38. The van der Waals surface area contributed by atoms with Gasteiger partial charge in [-0.15, -0.1) is 0 Å². The fourth-order valence-electron chi connectivity index (χ4n) is 2.18. The van der Waals surface area contributed by atoms with Gasteiger partial charge in [0.2, 0.25) is 5.91 Å². The number of aromatic nitrogens is 1. The lowest BCUT2D eigenvalue weighted by molar-refractivity contribution is -0.124. The Kier molecular flexibility index (Phi) is 4.77. The lowest BCUT2D eigenvalue weighted by atomic mass is 10.1. The molecule has 1 atom stereocenters. The third kappa shape index (κ3) is 3.60. The Bertz CT molecular complexity index is 715. The van der Waals surface area contributed by atoms with Crippen molar-refractivity contribution in [2.75, 3.05) is 11.5 Å². The van der Waals surface area contributed by atoms with E-state index in [0.29, 0.717) is 11.3 Å². The number of aryl methyl sites for hydroxylation is 1. The Morgan fingerprint density at radius 3 is 2.91 bits per heavy atom. The number of sulfone groups is 1. The fraction of sp³-hybridized carbons (Fsp3) is 0.462. The van der Waals surface area contributed by atoms with E-state index in [2.05, 4.69) is 15.5 Å². The molecule has 8 nitrogen and oxygen atoms in total. The zero-order chi connectivity index (χ0) is 16.3. The van der Waals surface area contributed by atoms with Gasteiger partial charge in [0.25, 0.3) is 0 Å². The average Bonchev–Trinajstić information content (AvgIpc) is 2.84. The van der Waals surface area contributed by atoms with Crippen molar-refractivity contribution in [2.45, 2.75) is 20.0 Å². The number of rotatable bonds is 4. The van der Waals surface area contributed by atoms with Gasteiger partial charge in [-0.2, -0.15) is 5.10 Å². The number of carbonyl (C=O) groups is 1. The molecule has 120 valence electrons. The third-order valence-electron chi connectivity index (χ3n) is 3.50. The van der Waals surface area contributed by atoms with Gasteiger partial charge in [-0.3, -0.25) is 9.78 Å². The maximum absolute atomic E-state index is 11.8. The molecule has 0 spiro atoms. The van der Waals surface area contributed by atoms with Crippen LogP contribution in [0.4, 0.5) is 0 Å². The smallest absolute Gasteiger partial charge is 0.244 e. The van der Waals surface area contributed by atoms with Gasteiger partial charge in [0.1, 0.15) is 5.75 Å². The van der Waals surface area contributed by atoms with Gasteiger partial charge in [-0.05, 0) is 13.3 Å². The van der Waals surface area contributed by atoms with Gasteiger partial charge < -0.3 is 10.2 Å². The van der Waals surface area contributed by atoms with Crippen molar-refractivity contribution in [3.05, 3.63) is 23.0 Å². The van der Waals surface area contributed by atoms with Crippen LogP contribution in [0.5, 0.6) is 5.75 Å². The van der Waals surface area contributed by atoms with Crippen LogP contribution in [0.15, 0.2) is 11.3 Å². The van der Waals surface area contributed by atoms with Crippen molar-refractivity contribution >= 4 is 22.0 Å². The van der Waals surface area contributed by atoms with Crippen LogP contribution >= 0.6 is 0 Å². The first kappa shape index (κ1) is 16.4. The van der Waals surface area contributed by atoms with Gasteiger partial charge >= 0.3 is 0 Å². The lowest BCUT2D eigenvalue weighted by Gasteiger charge is -2.08. The summed E-state index contributed by atoms with van der Waals surface area (Å²) in [5.41, 5.74) is 3.25. The summed E-state index contributed by atoms with van der Waals surface area (Å²) in [7, 11) is -3.13. The second kappa shape index (κ2) is 6.41. The number of amides is 1. The van der Waals surface area contributed by atoms with Crippen LogP contribution in [0, 0.1) is 12.8 Å². The quantitative estimate of drug-likeness (QED) is 0.504. The number of hydrogen-bond donors (Lipinski definition) is 3. The summed E-state index contributed by atoms with van der Waals surface area (Å²) >= 11 is 0. The van der Waals surface area contributed by atoms with Crippen LogP contribution in [0.3, 0.4) is 0 Å². The van der Waals surface area contributed by atoms with Crippen molar-refractivity contribution in [1.29, 1.82) is 0 Å². The number of aliphatic hydroxyl groups excluding tert-OH is 1. The number of nitrogens with zero attached hydrogens (tertiary/aromatic N) is 2. The summed E-state index contributed by atoms with van der Waals surface area (Å²) in [6, 6.07) is 0. The van der Waals surface area contributed by atoms with Crippen LogP contribution in [-0.4, -0.2) is 47.2 Å². The first-order chi connectivity index (χ1) is 10.3. The van der Waals surface area contributed by atoms with Crippen molar-refractivity contribution in [3.8, 4) is 5.75 Å². The zero-order valence-electron chi connectivity index (χ0n) is 12.0. The molecule has 1 aromatic heterocycles. The zero-order valence-corrected chi connectivity index (χ0v) is 12.8. The molecule has 3 N–H and O–H groups in total. The number of aromatic hydroxyl groups is 1. The van der Waals surface area contributed by atoms with E-state index < -0.39 is 21.7 Å². The van der Waals surface area contributed by atoms with E-state index in [0.717, 1.165) is 0 Å². The summed E-state index contributed by atoms with van der Waals surface area (Å²) in [4.78, 5) is 15.7. The highest BCUT2D eigenvalue weighted by molar-refractivity contribution is 7.91. The van der Waals surface area contributed by atoms with Crippen molar-refractivity contribution in [2.24, 2.45) is 11.0 Å². The topological polar surface area (TPSA) is 129 Å². The maximum Gasteiger partial charge on any atom is 0.244 e. The molecule has 22 heavy (non-hydrogen) atoms. The van der Waals surface area contributed by atoms with Crippen molar-refractivity contribution < 1.29 is 23.4 Å². The molecule has 0 aromatic carbocycles. The molecule has 0 bridgehead atoms. The van der Waals surface area contributed by atoms with E-state index in [1.807, 2.05) is 0 Å². The molecule has 0 saturated carbocycles. The van der Waals surface area contributed by atoms with Crippen LogP contribution in [0.1, 0.15) is 23.2 Å². The Labute approximate surface area is 127 Å². The highest BCUT2D eigenvalue weighted by atomic mass is 32.2. The average molecular weight is 327 g/mol. The monoisotopic (exact) mass is 327 g/mol. The summed E-state index contributed by atoms with van der Waals surface area (Å²) in [6.45, 7) is 1.26. The van der Waals surface area contributed by atoms with Gasteiger partial charge in [-0.25, -0.2) is 13.8 Å². The predicted octanol–water partition coefficient (Wildman–Crippen LogP) is -0.527. The summed E-state index contributed by atoms with van der Waals surface area (Å²) in [5, 5.41) is 22.8. The highest BCUT2D eigenvalue weighted by Crippen LogP contribution is 2.22. The molecule has 0 aliphatic carbocycles. The minimum Gasteiger partial charge on any atom is -0.505 e. The van der Waals surface area contributed by atoms with E-state index in [1.165, 1.54) is 12.4 Å². The van der Waals surface area contributed by atoms with Gasteiger partial charge in [0.05, 0.1) is 35.9 Å². The van der Waals surface area contributed by atoms with E-state index in [4.69, 9.17) is 0 Å². The van der Waals surface area contributed by atoms with Crippen LogP contribution in [-0.2, 0) is 21.2 Å². The van der Waals surface area contributed by atoms with E-state index in [9.17, 15) is 23.4 Å². The van der Waals surface area contributed by atoms with Crippen LogP contribution in [0.25, 0.3) is 0 Å². The number of pyridine rings is 1. The first-order valence-corrected chi connectivity index (χ1v) is 8.48. The predicted molar refractivity (Wildman–Crippen MR) is 79.1 cm³/mol. The first-order valence-electron chi connectivity index (χ1n) is 6.65. The molecule has 0 unspecified atom stereocenters. The molecule has 1 aromatic rings. The molecule has 1 aliphatic heterocycles. The van der Waals surface area contributed by atoms with Crippen LogP contribution in [0.2, 0.25) is 0 Å². The number of hydrogen-bond acceptors (Lipinski definition) is 7. The summed E-state index contributed by atoms with van der Waals surface area (Å²) < 4.78 is 22.6. The maximum atomic E-state index is 11.8. The molecular formula is C13H17N3O5S. The molecule has 2 rings (SSSR count). The Morgan fingerprint density at radius 2 is 2.32 bits per heavy atom. The largest absolute Gasteiger partial charge is 0.505 e. The van der Waals surface area contributed by atoms with Crippen LogP contribution < -0.4 is 5.43 Å². The van der Waals surface area contributed by atoms with E-state index in [-0.39, 0.29) is 35.8 Å². The molecule has 1 aliphatic rings. The second-order valence-electron chi connectivity index (χ2n) is 5.12. The molecule has 9 heteroatoms. The van der Waals surface area contributed by atoms with Gasteiger partial charge in [0.15, 0.2) is 9.84 Å². The number of aliphatic hydroxyl groups is 1. The van der Waals surface area contributed by atoms with Crippen molar-refractivity contribution in [1.82, 2.24) is 10.4 Å². The summed E-state index contributed by atoms with van der Waals surface area (Å²) in [6.07, 6.45) is 2.89. The molecule has 0 radical (unpaired) electrons. The number of nitrogens with one attached hydrogen (secondary N) is 1. The molecular weight excluding hydrogens is 310 g/mol. The highest BCUT2D eigenvalue weighted by Gasteiger charge is 2.32. The Hall–Kier alpha value is -2.00. The Morgan fingerprint density at radius 1 is 1.59 bits per heavy atom. The SMILES string of the molecule is Cc1ncc(CO)c(/C=N/NC(=O)[C@@H]2CCS(=O)(=O)C2)c1O. The Balaban J connectivity index is 2.07. The minimum atomic E-state index is -3.13. The van der Waals surface area contributed by atoms with E-state index in [1.54, 1.807) is 6.92 Å². The number of hydrazone groups is 1. The second-order valence-corrected chi connectivity index (χ2v) is 7.35. The molecule has 1 fully saturated rings. The molecule has 1 amide bonds. The van der Waals surface area contributed by atoms with Gasteiger partial charge in [0, 0.05) is 17.3 Å². The molecule has 2 heterocycles. The molecule has 1 saturated heterocycles. The van der Waals surface area contributed by atoms with Gasteiger partial charge in [-0.1, -0.05) is 0 Å². The van der Waals surface area contributed by atoms with E-state index >= 15 is 0 Å². The van der Waals surface area contributed by atoms with Crippen molar-refractivity contribution in [3.63, 3.8) is 0 Å². The minimum absolute atomic E-state index is 0.00774.